The summed E-state index contributed by atoms with van der Waals surface area (Å²) in [5.41, 5.74) is 0.738. The number of aromatic nitrogens is 3. The van der Waals surface area contributed by atoms with Crippen molar-refractivity contribution in [3.05, 3.63) is 46.4 Å². The van der Waals surface area contributed by atoms with Gasteiger partial charge in [0, 0.05) is 16.9 Å². The van der Waals surface area contributed by atoms with Crippen LogP contribution in [0.4, 0.5) is 0 Å². The van der Waals surface area contributed by atoms with E-state index in [1.54, 1.807) is 23.3 Å². The second kappa shape index (κ2) is 8.62. The number of fused-ring (bicyclic) bond motifs is 1. The monoisotopic (exact) mass is 450 g/mol. The van der Waals surface area contributed by atoms with E-state index in [1.165, 1.54) is 11.3 Å². The lowest BCUT2D eigenvalue weighted by atomic mass is 10.2. The number of amides is 1. The number of hydrogen-bond acceptors (Lipinski definition) is 6. The number of halogens is 1. The predicted octanol–water partition coefficient (Wildman–Crippen LogP) is 3.25. The van der Waals surface area contributed by atoms with Gasteiger partial charge in [-0.15, -0.1) is 11.3 Å². The third kappa shape index (κ3) is 5.14. The Morgan fingerprint density at radius 3 is 2.89 bits per heavy atom. The minimum atomic E-state index is -0.829. The summed E-state index contributed by atoms with van der Waals surface area (Å²) in [7, 11) is 0. The largest absolute Gasteiger partial charge is 0.464 e. The maximum absolute atomic E-state index is 12.7. The topological polar surface area (TPSA) is 86.1 Å². The van der Waals surface area contributed by atoms with E-state index in [0.29, 0.717) is 11.6 Å². The summed E-state index contributed by atoms with van der Waals surface area (Å²) >= 11 is 4.68. The first-order valence-electron chi connectivity index (χ1n) is 8.41. The second-order valence-corrected chi connectivity index (χ2v) is 8.39. The van der Waals surface area contributed by atoms with Crippen LogP contribution in [0.15, 0.2) is 41.4 Å². The molecule has 1 aromatic carbocycles. The van der Waals surface area contributed by atoms with Crippen LogP contribution in [0.3, 0.4) is 0 Å². The minimum Gasteiger partial charge on any atom is -0.464 e. The summed E-state index contributed by atoms with van der Waals surface area (Å²) in [6, 6.07) is 4.79. The van der Waals surface area contributed by atoms with E-state index >= 15 is 0 Å². The first kappa shape index (κ1) is 19.5. The molecule has 0 saturated carbocycles. The lowest BCUT2D eigenvalue weighted by molar-refractivity contribution is -0.147. The zero-order chi connectivity index (χ0) is 19.4. The number of nitrogens with zero attached hydrogens (tertiary/aromatic N) is 3. The number of thiazole rings is 1. The van der Waals surface area contributed by atoms with Crippen LogP contribution in [0.25, 0.3) is 10.2 Å². The van der Waals surface area contributed by atoms with Crippen LogP contribution in [-0.2, 0) is 16.1 Å². The van der Waals surface area contributed by atoms with Crippen LogP contribution < -0.4 is 5.32 Å². The Morgan fingerprint density at radius 2 is 2.19 bits per heavy atom. The van der Waals surface area contributed by atoms with Crippen LogP contribution in [-0.4, -0.2) is 39.1 Å². The third-order valence-corrected chi connectivity index (χ3v) is 5.16. The van der Waals surface area contributed by atoms with Crippen molar-refractivity contribution in [3.8, 4) is 0 Å². The summed E-state index contributed by atoms with van der Waals surface area (Å²) in [6.07, 6.45) is 4.93. The molecule has 0 aliphatic heterocycles. The smallest absolute Gasteiger partial charge is 0.330 e. The first-order chi connectivity index (χ1) is 12.9. The maximum atomic E-state index is 12.7. The number of carbonyl (C=O) groups is 2. The number of hydrogen-bond donors (Lipinski definition) is 1. The highest BCUT2D eigenvalue weighted by molar-refractivity contribution is 9.10. The summed E-state index contributed by atoms with van der Waals surface area (Å²) in [5.74, 6) is -0.671. The second-order valence-electron chi connectivity index (χ2n) is 6.44. The number of rotatable bonds is 7. The quantitative estimate of drug-likeness (QED) is 0.558. The van der Waals surface area contributed by atoms with E-state index in [2.05, 4.69) is 31.2 Å². The molecule has 0 aliphatic carbocycles. The van der Waals surface area contributed by atoms with Crippen molar-refractivity contribution in [1.82, 2.24) is 19.9 Å². The Kier molecular flexibility index (Phi) is 6.22. The first-order valence-corrected chi connectivity index (χ1v) is 10.0. The minimum absolute atomic E-state index is 0.209. The highest BCUT2D eigenvalue weighted by Gasteiger charge is 2.25. The third-order valence-electron chi connectivity index (χ3n) is 3.65. The molecule has 142 valence electrons. The van der Waals surface area contributed by atoms with Gasteiger partial charge < -0.3 is 14.6 Å². The molecule has 2 heterocycles. The molecule has 0 bridgehead atoms. The van der Waals surface area contributed by atoms with Gasteiger partial charge in [0.25, 0.3) is 5.91 Å². The molecule has 3 aromatic rings. The van der Waals surface area contributed by atoms with Gasteiger partial charge in [-0.2, -0.15) is 0 Å². The van der Waals surface area contributed by atoms with Crippen molar-refractivity contribution in [2.75, 3.05) is 6.61 Å². The van der Waals surface area contributed by atoms with Crippen LogP contribution in [0.1, 0.15) is 23.6 Å². The molecule has 9 heteroatoms. The molecular formula is C18H19BrN4O3S. The van der Waals surface area contributed by atoms with Gasteiger partial charge in [0.05, 0.1) is 29.7 Å². The van der Waals surface area contributed by atoms with Crippen LogP contribution >= 0.6 is 27.3 Å². The summed E-state index contributed by atoms with van der Waals surface area (Å²) < 4.78 is 8.84. The molecule has 1 N–H and O–H groups in total. The Bertz CT molecular complexity index is 939. The van der Waals surface area contributed by atoms with Crippen LogP contribution in [0.2, 0.25) is 0 Å². The lowest BCUT2D eigenvalue weighted by Gasteiger charge is -2.18. The molecule has 7 nitrogen and oxygen atoms in total. The Balaban J connectivity index is 1.76. The summed E-state index contributed by atoms with van der Waals surface area (Å²) in [5, 5.41) is 3.05. The van der Waals surface area contributed by atoms with E-state index < -0.39 is 17.9 Å². The molecule has 0 radical (unpaired) electrons. The van der Waals surface area contributed by atoms with Gasteiger partial charge in [-0.25, -0.2) is 14.8 Å². The molecular weight excluding hydrogens is 432 g/mol. The van der Waals surface area contributed by atoms with Crippen molar-refractivity contribution in [1.29, 1.82) is 0 Å². The van der Waals surface area contributed by atoms with Crippen LogP contribution in [0.5, 0.6) is 0 Å². The number of carbonyl (C=O) groups excluding carboxylic acids is 2. The number of imidazole rings is 1. The van der Waals surface area contributed by atoms with Crippen molar-refractivity contribution in [3.63, 3.8) is 0 Å². The normalized spacial score (nSPS) is 12.3. The molecule has 0 saturated heterocycles. The Labute approximate surface area is 168 Å². The van der Waals surface area contributed by atoms with Crippen molar-refractivity contribution in [2.45, 2.75) is 26.4 Å². The van der Waals surface area contributed by atoms with Gasteiger partial charge in [-0.05, 0) is 24.1 Å². The predicted molar refractivity (Wildman–Crippen MR) is 107 cm³/mol. The zero-order valence-electron chi connectivity index (χ0n) is 14.9. The van der Waals surface area contributed by atoms with Gasteiger partial charge in [0.2, 0.25) is 0 Å². The van der Waals surface area contributed by atoms with E-state index in [-0.39, 0.29) is 12.5 Å². The number of benzene rings is 1. The Morgan fingerprint density at radius 1 is 1.37 bits per heavy atom. The average molecular weight is 451 g/mol. The van der Waals surface area contributed by atoms with Crippen molar-refractivity contribution >= 4 is 49.4 Å². The van der Waals surface area contributed by atoms with Gasteiger partial charge in [-0.3, -0.25) is 4.79 Å². The molecule has 0 spiro atoms. The molecule has 2 aromatic heterocycles. The fourth-order valence-electron chi connectivity index (χ4n) is 2.35. The lowest BCUT2D eigenvalue weighted by Crippen LogP contribution is -2.44. The molecule has 0 fully saturated rings. The van der Waals surface area contributed by atoms with E-state index in [4.69, 9.17) is 4.74 Å². The Hall–Kier alpha value is -2.26. The molecule has 27 heavy (non-hydrogen) atoms. The number of esters is 1. The fourth-order valence-corrected chi connectivity index (χ4v) is 3.77. The molecule has 1 amide bonds. The zero-order valence-corrected chi connectivity index (χ0v) is 17.3. The average Bonchev–Trinajstić information content (AvgIpc) is 3.27. The highest BCUT2D eigenvalue weighted by Crippen LogP contribution is 2.25. The number of nitrogens with one attached hydrogen (secondary N) is 1. The molecule has 3 rings (SSSR count). The molecule has 0 aliphatic rings. The standard InChI is InChI=1S/C18H19BrN4O3S/c1-11(2)9-26-18(25)14(8-23-6-5-20-10-23)21-16(24)17-22-13-4-3-12(19)7-15(13)27-17/h3-7,10-11,14H,8-9H2,1-2H3,(H,21,24)/t14-/m1/s1. The van der Waals surface area contributed by atoms with Crippen molar-refractivity contribution in [2.24, 2.45) is 5.92 Å². The fraction of sp³-hybridized carbons (Fsp3) is 0.333. The van der Waals surface area contributed by atoms with Gasteiger partial charge in [0.15, 0.2) is 5.01 Å². The highest BCUT2D eigenvalue weighted by atomic mass is 79.9. The maximum Gasteiger partial charge on any atom is 0.330 e. The van der Waals surface area contributed by atoms with E-state index in [0.717, 1.165) is 14.7 Å². The van der Waals surface area contributed by atoms with Gasteiger partial charge in [-0.1, -0.05) is 29.8 Å². The molecule has 0 unspecified atom stereocenters. The summed E-state index contributed by atoms with van der Waals surface area (Å²) in [6.45, 7) is 4.44. The van der Waals surface area contributed by atoms with E-state index in [9.17, 15) is 9.59 Å². The molecule has 1 atom stereocenters. The number of ether oxygens (including phenoxy) is 1. The van der Waals surface area contributed by atoms with Crippen molar-refractivity contribution < 1.29 is 14.3 Å². The summed E-state index contributed by atoms with van der Waals surface area (Å²) in [4.78, 5) is 33.5. The van der Waals surface area contributed by atoms with Gasteiger partial charge >= 0.3 is 5.97 Å². The van der Waals surface area contributed by atoms with Gasteiger partial charge in [0.1, 0.15) is 6.04 Å². The van der Waals surface area contributed by atoms with E-state index in [1.807, 2.05) is 32.0 Å². The SMILES string of the molecule is CC(C)COC(=O)[C@@H](Cn1ccnc1)NC(=O)c1nc2ccc(Br)cc2s1. The van der Waals surface area contributed by atoms with Crippen LogP contribution in [0, 0.1) is 5.92 Å².